The number of hydrogen-bond acceptors (Lipinski definition) is 3. The highest BCUT2D eigenvalue weighted by Crippen LogP contribution is 2.20. The second-order valence-corrected chi connectivity index (χ2v) is 4.45. The van der Waals surface area contributed by atoms with Gasteiger partial charge in [-0.15, -0.1) is 0 Å². The lowest BCUT2D eigenvalue weighted by Gasteiger charge is -2.34. The minimum absolute atomic E-state index is 0.0891. The number of hydrogen-bond donors (Lipinski definition) is 0. The van der Waals surface area contributed by atoms with Crippen LogP contribution in [0.4, 0.5) is 0 Å². The molecule has 0 radical (unpaired) electrons. The second kappa shape index (κ2) is 5.35. The normalized spacial score (nSPS) is 28.8. The van der Waals surface area contributed by atoms with E-state index in [-0.39, 0.29) is 5.97 Å². The quantitative estimate of drug-likeness (QED) is 0.646. The zero-order valence-corrected chi connectivity index (χ0v) is 9.45. The SMILES string of the molecule is CCOC(=O)CN1C[C@H](C)C[C@@H](C)C1. The zero-order chi connectivity index (χ0) is 10.6. The summed E-state index contributed by atoms with van der Waals surface area (Å²) in [5.74, 6) is 1.31. The van der Waals surface area contributed by atoms with Gasteiger partial charge in [0.15, 0.2) is 0 Å². The van der Waals surface area contributed by atoms with E-state index >= 15 is 0 Å². The minimum Gasteiger partial charge on any atom is -0.465 e. The van der Waals surface area contributed by atoms with Crippen LogP contribution >= 0.6 is 0 Å². The van der Waals surface area contributed by atoms with Gasteiger partial charge in [-0.2, -0.15) is 0 Å². The molecular weight excluding hydrogens is 178 g/mol. The number of nitrogens with zero attached hydrogens (tertiary/aromatic N) is 1. The number of piperidine rings is 1. The summed E-state index contributed by atoms with van der Waals surface area (Å²) < 4.78 is 4.93. The number of esters is 1. The minimum atomic E-state index is -0.0891. The molecule has 0 unspecified atom stereocenters. The van der Waals surface area contributed by atoms with Gasteiger partial charge in [-0.25, -0.2) is 0 Å². The lowest BCUT2D eigenvalue weighted by molar-refractivity contribution is -0.145. The van der Waals surface area contributed by atoms with Crippen LogP contribution in [-0.4, -0.2) is 37.1 Å². The summed E-state index contributed by atoms with van der Waals surface area (Å²) in [7, 11) is 0. The summed E-state index contributed by atoms with van der Waals surface area (Å²) in [4.78, 5) is 13.5. The van der Waals surface area contributed by atoms with E-state index in [9.17, 15) is 4.79 Å². The Morgan fingerprint density at radius 2 is 1.93 bits per heavy atom. The Kier molecular flexibility index (Phi) is 4.39. The van der Waals surface area contributed by atoms with Gasteiger partial charge in [-0.05, 0) is 25.2 Å². The third-order valence-electron chi connectivity index (χ3n) is 2.60. The van der Waals surface area contributed by atoms with Crippen molar-refractivity contribution in [2.24, 2.45) is 11.8 Å². The van der Waals surface area contributed by atoms with E-state index in [4.69, 9.17) is 4.74 Å². The molecule has 0 saturated carbocycles. The van der Waals surface area contributed by atoms with Crippen molar-refractivity contribution in [2.75, 3.05) is 26.2 Å². The topological polar surface area (TPSA) is 29.5 Å². The van der Waals surface area contributed by atoms with Crippen LogP contribution < -0.4 is 0 Å². The van der Waals surface area contributed by atoms with Gasteiger partial charge in [0.2, 0.25) is 0 Å². The predicted molar refractivity (Wildman–Crippen MR) is 56.0 cm³/mol. The van der Waals surface area contributed by atoms with Crippen LogP contribution in [0.1, 0.15) is 27.2 Å². The smallest absolute Gasteiger partial charge is 0.320 e. The van der Waals surface area contributed by atoms with E-state index in [0.717, 1.165) is 13.1 Å². The molecule has 14 heavy (non-hydrogen) atoms. The maximum Gasteiger partial charge on any atom is 0.320 e. The summed E-state index contributed by atoms with van der Waals surface area (Å²) in [6.07, 6.45) is 1.28. The van der Waals surface area contributed by atoms with E-state index in [2.05, 4.69) is 18.7 Å². The van der Waals surface area contributed by atoms with Crippen molar-refractivity contribution in [2.45, 2.75) is 27.2 Å². The molecule has 0 spiro atoms. The van der Waals surface area contributed by atoms with Crippen molar-refractivity contribution in [3.63, 3.8) is 0 Å². The summed E-state index contributed by atoms with van der Waals surface area (Å²) >= 11 is 0. The fourth-order valence-corrected chi connectivity index (χ4v) is 2.31. The molecule has 1 aliphatic heterocycles. The number of rotatable bonds is 3. The largest absolute Gasteiger partial charge is 0.465 e. The summed E-state index contributed by atoms with van der Waals surface area (Å²) in [5, 5.41) is 0. The maximum atomic E-state index is 11.3. The van der Waals surface area contributed by atoms with Crippen molar-refractivity contribution in [3.05, 3.63) is 0 Å². The molecule has 0 N–H and O–H groups in total. The maximum absolute atomic E-state index is 11.3. The molecule has 0 amide bonds. The molecule has 1 saturated heterocycles. The van der Waals surface area contributed by atoms with Gasteiger partial charge in [0, 0.05) is 13.1 Å². The van der Waals surface area contributed by atoms with E-state index in [1.54, 1.807) is 0 Å². The molecule has 0 aromatic carbocycles. The molecule has 1 rings (SSSR count). The van der Waals surface area contributed by atoms with Crippen molar-refractivity contribution in [1.82, 2.24) is 4.90 Å². The molecular formula is C11H21NO2. The molecule has 1 fully saturated rings. The van der Waals surface area contributed by atoms with Gasteiger partial charge in [0.25, 0.3) is 0 Å². The van der Waals surface area contributed by atoms with Crippen molar-refractivity contribution in [3.8, 4) is 0 Å². The van der Waals surface area contributed by atoms with Crippen LogP contribution in [-0.2, 0) is 9.53 Å². The van der Waals surface area contributed by atoms with E-state index in [1.165, 1.54) is 6.42 Å². The Bertz CT molecular complexity index is 184. The molecule has 3 heteroatoms. The lowest BCUT2D eigenvalue weighted by Crippen LogP contribution is -2.41. The highest BCUT2D eigenvalue weighted by atomic mass is 16.5. The third-order valence-corrected chi connectivity index (χ3v) is 2.60. The van der Waals surface area contributed by atoms with Crippen LogP contribution in [0.3, 0.4) is 0 Å². The highest BCUT2D eigenvalue weighted by Gasteiger charge is 2.23. The molecule has 0 bridgehead atoms. The Morgan fingerprint density at radius 1 is 1.36 bits per heavy atom. The Balaban J connectivity index is 2.33. The van der Waals surface area contributed by atoms with Crippen molar-refractivity contribution in [1.29, 1.82) is 0 Å². The number of carbonyl (C=O) groups excluding carboxylic acids is 1. The average molecular weight is 199 g/mol. The molecule has 0 aliphatic carbocycles. The molecule has 0 aromatic heterocycles. The molecule has 3 nitrogen and oxygen atoms in total. The standard InChI is InChI=1S/C11H21NO2/c1-4-14-11(13)8-12-6-9(2)5-10(3)7-12/h9-10H,4-8H2,1-3H3/t9-,10-/m1/s1. The van der Waals surface area contributed by atoms with Gasteiger partial charge >= 0.3 is 5.97 Å². The van der Waals surface area contributed by atoms with Gasteiger partial charge in [-0.3, -0.25) is 9.69 Å². The van der Waals surface area contributed by atoms with E-state index in [0.29, 0.717) is 25.0 Å². The van der Waals surface area contributed by atoms with Crippen molar-refractivity contribution < 1.29 is 9.53 Å². The first kappa shape index (κ1) is 11.5. The van der Waals surface area contributed by atoms with Crippen molar-refractivity contribution >= 4 is 5.97 Å². The summed E-state index contributed by atoms with van der Waals surface area (Å²) in [5.41, 5.74) is 0. The lowest BCUT2D eigenvalue weighted by atomic mass is 9.92. The zero-order valence-electron chi connectivity index (χ0n) is 9.45. The van der Waals surface area contributed by atoms with Crippen LogP contribution in [0.25, 0.3) is 0 Å². The Hall–Kier alpha value is -0.570. The molecule has 1 heterocycles. The van der Waals surface area contributed by atoms with Crippen LogP contribution in [0.15, 0.2) is 0 Å². The fraction of sp³-hybridized carbons (Fsp3) is 0.909. The van der Waals surface area contributed by atoms with Gasteiger partial charge in [0.05, 0.1) is 13.2 Å². The highest BCUT2D eigenvalue weighted by molar-refractivity contribution is 5.71. The van der Waals surface area contributed by atoms with E-state index in [1.807, 2.05) is 6.92 Å². The second-order valence-electron chi connectivity index (χ2n) is 4.45. The monoisotopic (exact) mass is 199 g/mol. The van der Waals surface area contributed by atoms with Gasteiger partial charge < -0.3 is 4.74 Å². The Morgan fingerprint density at radius 3 is 2.43 bits per heavy atom. The molecule has 82 valence electrons. The average Bonchev–Trinajstić information content (AvgIpc) is 2.01. The first-order valence-corrected chi connectivity index (χ1v) is 5.49. The van der Waals surface area contributed by atoms with Crippen LogP contribution in [0, 0.1) is 11.8 Å². The van der Waals surface area contributed by atoms with E-state index < -0.39 is 0 Å². The van der Waals surface area contributed by atoms with Crippen LogP contribution in [0.5, 0.6) is 0 Å². The predicted octanol–water partition coefficient (Wildman–Crippen LogP) is 1.53. The molecule has 1 aliphatic rings. The number of carbonyl (C=O) groups is 1. The number of ether oxygens (including phenoxy) is 1. The third kappa shape index (κ3) is 3.66. The van der Waals surface area contributed by atoms with Crippen LogP contribution in [0.2, 0.25) is 0 Å². The first-order valence-electron chi connectivity index (χ1n) is 5.49. The first-order chi connectivity index (χ1) is 6.61. The van der Waals surface area contributed by atoms with Gasteiger partial charge in [-0.1, -0.05) is 13.8 Å². The molecule has 0 aromatic rings. The van der Waals surface area contributed by atoms with Gasteiger partial charge in [0.1, 0.15) is 0 Å². The molecule has 2 atom stereocenters. The number of likely N-dealkylation sites (tertiary alicyclic amines) is 1. The summed E-state index contributed by atoms with van der Waals surface area (Å²) in [6.45, 7) is 9.34. The summed E-state index contributed by atoms with van der Waals surface area (Å²) in [6, 6.07) is 0. The Labute approximate surface area is 86.4 Å². The fourth-order valence-electron chi connectivity index (χ4n) is 2.31.